The standard InChI is InChI=1S/C12H17N3/c1-12(2,8-13)10-4-5-11-9(6-10)7-14-15(11)3/h4-7H,8,13H2,1-3H3. The summed E-state index contributed by atoms with van der Waals surface area (Å²) in [6, 6.07) is 6.42. The fourth-order valence-corrected chi connectivity index (χ4v) is 1.70. The zero-order chi connectivity index (χ0) is 11.1. The van der Waals surface area contributed by atoms with Gasteiger partial charge in [-0.3, -0.25) is 4.68 Å². The molecule has 2 N–H and O–H groups in total. The van der Waals surface area contributed by atoms with E-state index in [2.05, 4.69) is 37.1 Å². The van der Waals surface area contributed by atoms with Crippen molar-refractivity contribution < 1.29 is 0 Å². The van der Waals surface area contributed by atoms with Crippen LogP contribution in [0.25, 0.3) is 10.9 Å². The first-order chi connectivity index (χ1) is 7.04. The van der Waals surface area contributed by atoms with Gasteiger partial charge in [0.1, 0.15) is 0 Å². The van der Waals surface area contributed by atoms with Crippen molar-refractivity contribution in [3.63, 3.8) is 0 Å². The molecule has 0 unspecified atom stereocenters. The molecule has 80 valence electrons. The maximum absolute atomic E-state index is 5.77. The lowest BCUT2D eigenvalue weighted by Gasteiger charge is -2.22. The molecule has 3 nitrogen and oxygen atoms in total. The number of benzene rings is 1. The second-order valence-electron chi connectivity index (χ2n) is 4.63. The Hall–Kier alpha value is -1.35. The Balaban J connectivity index is 2.57. The minimum atomic E-state index is 0.0318. The van der Waals surface area contributed by atoms with Crippen LogP contribution in [0, 0.1) is 0 Å². The number of rotatable bonds is 2. The summed E-state index contributed by atoms with van der Waals surface area (Å²) in [4.78, 5) is 0. The molecule has 0 saturated heterocycles. The predicted octanol–water partition coefficient (Wildman–Crippen LogP) is 1.81. The van der Waals surface area contributed by atoms with E-state index in [4.69, 9.17) is 5.73 Å². The van der Waals surface area contributed by atoms with Gasteiger partial charge in [-0.05, 0) is 17.7 Å². The molecule has 3 heteroatoms. The predicted molar refractivity (Wildman–Crippen MR) is 62.8 cm³/mol. The van der Waals surface area contributed by atoms with Gasteiger partial charge in [0.15, 0.2) is 0 Å². The van der Waals surface area contributed by atoms with Crippen LogP contribution in [0.5, 0.6) is 0 Å². The smallest absolute Gasteiger partial charge is 0.0679 e. The van der Waals surface area contributed by atoms with Gasteiger partial charge in [0.05, 0.1) is 11.7 Å². The molecule has 0 spiro atoms. The molecule has 0 saturated carbocycles. The Kier molecular flexibility index (Phi) is 2.27. The molecule has 0 aliphatic heterocycles. The van der Waals surface area contributed by atoms with Crippen LogP contribution in [0.2, 0.25) is 0 Å². The lowest BCUT2D eigenvalue weighted by molar-refractivity contribution is 0.540. The number of aromatic nitrogens is 2. The van der Waals surface area contributed by atoms with Gasteiger partial charge in [-0.15, -0.1) is 0 Å². The number of nitrogens with two attached hydrogens (primary N) is 1. The van der Waals surface area contributed by atoms with E-state index in [1.165, 1.54) is 10.9 Å². The maximum Gasteiger partial charge on any atom is 0.0679 e. The summed E-state index contributed by atoms with van der Waals surface area (Å²) >= 11 is 0. The highest BCUT2D eigenvalue weighted by atomic mass is 15.2. The molecule has 0 amide bonds. The van der Waals surface area contributed by atoms with Crippen LogP contribution in [0.1, 0.15) is 19.4 Å². The fraction of sp³-hybridized carbons (Fsp3) is 0.417. The highest BCUT2D eigenvalue weighted by Crippen LogP contribution is 2.25. The van der Waals surface area contributed by atoms with Crippen LogP contribution >= 0.6 is 0 Å². The Morgan fingerprint density at radius 1 is 1.40 bits per heavy atom. The number of hydrogen-bond acceptors (Lipinski definition) is 2. The first-order valence-corrected chi connectivity index (χ1v) is 5.17. The summed E-state index contributed by atoms with van der Waals surface area (Å²) < 4.78 is 1.88. The third-order valence-electron chi connectivity index (χ3n) is 3.04. The zero-order valence-corrected chi connectivity index (χ0v) is 9.49. The molecule has 0 radical (unpaired) electrons. The second-order valence-corrected chi connectivity index (χ2v) is 4.63. The van der Waals surface area contributed by atoms with Crippen molar-refractivity contribution in [1.82, 2.24) is 9.78 Å². The van der Waals surface area contributed by atoms with Gasteiger partial charge in [-0.2, -0.15) is 5.10 Å². The van der Waals surface area contributed by atoms with Crippen LogP contribution in [-0.4, -0.2) is 16.3 Å². The van der Waals surface area contributed by atoms with Gasteiger partial charge in [-0.1, -0.05) is 19.9 Å². The molecule has 1 aromatic heterocycles. The molecular formula is C12H17N3. The van der Waals surface area contributed by atoms with E-state index >= 15 is 0 Å². The van der Waals surface area contributed by atoms with Crippen molar-refractivity contribution in [2.24, 2.45) is 12.8 Å². The molecule has 0 aliphatic rings. The Morgan fingerprint density at radius 3 is 2.80 bits per heavy atom. The van der Waals surface area contributed by atoms with Crippen molar-refractivity contribution in [1.29, 1.82) is 0 Å². The van der Waals surface area contributed by atoms with Gasteiger partial charge in [0.2, 0.25) is 0 Å². The van der Waals surface area contributed by atoms with Crippen LogP contribution < -0.4 is 5.73 Å². The van der Waals surface area contributed by atoms with Crippen LogP contribution in [0.4, 0.5) is 0 Å². The largest absolute Gasteiger partial charge is 0.330 e. The van der Waals surface area contributed by atoms with Crippen LogP contribution in [0.3, 0.4) is 0 Å². The molecule has 2 rings (SSSR count). The second kappa shape index (κ2) is 3.35. The first-order valence-electron chi connectivity index (χ1n) is 5.17. The van der Waals surface area contributed by atoms with Crippen LogP contribution in [-0.2, 0) is 12.5 Å². The summed E-state index contributed by atoms with van der Waals surface area (Å²) in [7, 11) is 1.95. The third kappa shape index (κ3) is 1.63. The average Bonchev–Trinajstić information content (AvgIpc) is 2.60. The average molecular weight is 203 g/mol. The quantitative estimate of drug-likeness (QED) is 0.809. The van der Waals surface area contributed by atoms with Crippen molar-refractivity contribution in [2.75, 3.05) is 6.54 Å². The van der Waals surface area contributed by atoms with E-state index < -0.39 is 0 Å². The molecule has 0 bridgehead atoms. The van der Waals surface area contributed by atoms with E-state index in [0.717, 1.165) is 5.52 Å². The summed E-state index contributed by atoms with van der Waals surface area (Å²) in [5.74, 6) is 0. The highest BCUT2D eigenvalue weighted by molar-refractivity contribution is 5.79. The van der Waals surface area contributed by atoms with E-state index in [9.17, 15) is 0 Å². The SMILES string of the molecule is Cn1ncc2cc(C(C)(C)CN)ccc21. The Morgan fingerprint density at radius 2 is 2.13 bits per heavy atom. The molecule has 0 fully saturated rings. The molecule has 1 heterocycles. The molecule has 0 aliphatic carbocycles. The minimum absolute atomic E-state index is 0.0318. The van der Waals surface area contributed by atoms with Gasteiger partial charge in [-0.25, -0.2) is 0 Å². The van der Waals surface area contributed by atoms with Gasteiger partial charge >= 0.3 is 0 Å². The van der Waals surface area contributed by atoms with E-state index in [1.807, 2.05) is 17.9 Å². The van der Waals surface area contributed by atoms with Crippen molar-refractivity contribution >= 4 is 10.9 Å². The molecule has 1 aromatic carbocycles. The summed E-state index contributed by atoms with van der Waals surface area (Å²) in [6.45, 7) is 4.97. The lowest BCUT2D eigenvalue weighted by atomic mass is 9.84. The van der Waals surface area contributed by atoms with E-state index in [1.54, 1.807) is 0 Å². The number of nitrogens with zero attached hydrogens (tertiary/aromatic N) is 2. The van der Waals surface area contributed by atoms with Gasteiger partial charge < -0.3 is 5.73 Å². The zero-order valence-electron chi connectivity index (χ0n) is 9.49. The molecule has 2 aromatic rings. The number of fused-ring (bicyclic) bond motifs is 1. The summed E-state index contributed by atoms with van der Waals surface area (Å²) in [5, 5.41) is 5.41. The molecule has 0 atom stereocenters. The maximum atomic E-state index is 5.77. The summed E-state index contributed by atoms with van der Waals surface area (Å²) in [6.07, 6.45) is 1.89. The number of aryl methyl sites for hydroxylation is 1. The lowest BCUT2D eigenvalue weighted by Crippen LogP contribution is -2.27. The molecule has 15 heavy (non-hydrogen) atoms. The van der Waals surface area contributed by atoms with Crippen molar-refractivity contribution in [2.45, 2.75) is 19.3 Å². The minimum Gasteiger partial charge on any atom is -0.330 e. The summed E-state index contributed by atoms with van der Waals surface area (Å²) in [5.41, 5.74) is 8.23. The topological polar surface area (TPSA) is 43.8 Å². The van der Waals surface area contributed by atoms with Gasteiger partial charge in [0, 0.05) is 24.4 Å². The third-order valence-corrected chi connectivity index (χ3v) is 3.04. The van der Waals surface area contributed by atoms with Crippen LogP contribution in [0.15, 0.2) is 24.4 Å². The van der Waals surface area contributed by atoms with Crippen molar-refractivity contribution in [3.05, 3.63) is 30.0 Å². The number of hydrogen-bond donors (Lipinski definition) is 1. The monoisotopic (exact) mass is 203 g/mol. The molecular weight excluding hydrogens is 186 g/mol. The fourth-order valence-electron chi connectivity index (χ4n) is 1.70. The Labute approximate surface area is 89.9 Å². The van der Waals surface area contributed by atoms with Gasteiger partial charge in [0.25, 0.3) is 0 Å². The van der Waals surface area contributed by atoms with E-state index in [0.29, 0.717) is 6.54 Å². The normalized spacial score (nSPS) is 12.3. The van der Waals surface area contributed by atoms with E-state index in [-0.39, 0.29) is 5.41 Å². The Bertz CT molecular complexity index is 483. The highest BCUT2D eigenvalue weighted by Gasteiger charge is 2.18. The first kappa shape index (κ1) is 10.2. The van der Waals surface area contributed by atoms with Crippen molar-refractivity contribution in [3.8, 4) is 0 Å².